The number of ether oxygens (including phenoxy) is 3. The Balaban J connectivity index is 4.64. The monoisotopic (exact) mass is 849 g/mol. The first kappa shape index (κ1) is 56.8. The van der Waals surface area contributed by atoms with Crippen molar-refractivity contribution < 1.29 is 28.6 Å². The van der Waals surface area contributed by atoms with Gasteiger partial charge >= 0.3 is 17.9 Å². The summed E-state index contributed by atoms with van der Waals surface area (Å²) in [5, 5.41) is 0. The number of carbonyl (C=O) groups excluding carboxylic acids is 3. The van der Waals surface area contributed by atoms with E-state index in [-0.39, 0.29) is 50.4 Å². The minimum absolute atomic E-state index is 0.139. The smallest absolute Gasteiger partial charge is 0.306 e. The van der Waals surface area contributed by atoms with Gasteiger partial charge in [0.1, 0.15) is 13.2 Å². The summed E-state index contributed by atoms with van der Waals surface area (Å²) in [6.07, 6.45) is 71.9. The zero-order chi connectivity index (χ0) is 45.1. The Bertz CT molecular complexity index is 1530. The lowest BCUT2D eigenvalue weighted by atomic mass is 10.1. The third-order valence-corrected chi connectivity index (χ3v) is 8.74. The van der Waals surface area contributed by atoms with Crippen LogP contribution in [-0.4, -0.2) is 37.2 Å². The highest BCUT2D eigenvalue weighted by atomic mass is 16.6. The van der Waals surface area contributed by atoms with Gasteiger partial charge in [0.25, 0.3) is 0 Å². The zero-order valence-corrected chi connectivity index (χ0v) is 38.5. The van der Waals surface area contributed by atoms with Crippen molar-refractivity contribution in [2.45, 2.75) is 149 Å². The van der Waals surface area contributed by atoms with E-state index in [0.29, 0.717) is 19.3 Å². The molecular weight excluding hydrogens is 769 g/mol. The first-order valence-electron chi connectivity index (χ1n) is 23.3. The number of allylic oxidation sites excluding steroid dienone is 28. The van der Waals surface area contributed by atoms with E-state index in [4.69, 9.17) is 14.2 Å². The lowest BCUT2D eigenvalue weighted by Crippen LogP contribution is -2.30. The summed E-state index contributed by atoms with van der Waals surface area (Å²) in [7, 11) is 0. The summed E-state index contributed by atoms with van der Waals surface area (Å²) >= 11 is 0. The molecule has 0 N–H and O–H groups in total. The van der Waals surface area contributed by atoms with Gasteiger partial charge in [0.2, 0.25) is 0 Å². The number of carbonyl (C=O) groups is 3. The molecule has 0 saturated carbocycles. The number of esters is 3. The molecule has 0 saturated heterocycles. The molecule has 1 unspecified atom stereocenters. The summed E-state index contributed by atoms with van der Waals surface area (Å²) in [6.45, 7) is 6.07. The van der Waals surface area contributed by atoms with Crippen LogP contribution in [0.4, 0.5) is 0 Å². The van der Waals surface area contributed by atoms with Gasteiger partial charge in [-0.1, -0.05) is 204 Å². The van der Waals surface area contributed by atoms with Crippen LogP contribution in [-0.2, 0) is 28.6 Å². The average Bonchev–Trinajstić information content (AvgIpc) is 3.27. The first-order valence-corrected chi connectivity index (χ1v) is 23.3. The molecule has 0 aromatic heterocycles. The summed E-state index contributed by atoms with van der Waals surface area (Å²) in [5.41, 5.74) is 0. The van der Waals surface area contributed by atoms with Gasteiger partial charge in [-0.05, 0) is 89.9 Å². The van der Waals surface area contributed by atoms with E-state index in [0.717, 1.165) is 83.5 Å². The molecule has 0 fully saturated rings. The molecule has 0 aromatic carbocycles. The van der Waals surface area contributed by atoms with Crippen LogP contribution < -0.4 is 0 Å². The highest BCUT2D eigenvalue weighted by Gasteiger charge is 2.19. The Kier molecular flexibility index (Phi) is 44.4. The van der Waals surface area contributed by atoms with Gasteiger partial charge in [0, 0.05) is 19.3 Å². The van der Waals surface area contributed by atoms with Crippen LogP contribution in [0.1, 0.15) is 143 Å². The van der Waals surface area contributed by atoms with Crippen LogP contribution in [0.5, 0.6) is 0 Å². The molecule has 62 heavy (non-hydrogen) atoms. The molecule has 6 heteroatoms. The Hall–Kier alpha value is -5.23. The second-order valence-electron chi connectivity index (χ2n) is 14.4. The van der Waals surface area contributed by atoms with Gasteiger partial charge in [0.05, 0.1) is 0 Å². The standard InChI is InChI=1S/C56H80O6/c1-4-7-10-13-16-19-22-25-26-27-28-29-30-32-34-37-40-43-46-49-55(58)61-52-53(51-60-54(57)48-45-42-39-36-33-24-21-18-15-12-9-6-3)62-56(59)50-47-44-41-38-35-31-23-20-17-14-11-8-5-2/h7-14,16-23,25-36,53H,4-6,15,24,37-52H2,1-3H3/b10-7-,11-8-,12-9-,16-13-,17-14-,21-18-,22-19-,23-20-,26-25-,28-27+,30-29-,34-32-,35-31-,36-33-. The quantitative estimate of drug-likeness (QED) is 0.0202. The van der Waals surface area contributed by atoms with Crippen LogP contribution in [0.3, 0.4) is 0 Å². The summed E-state index contributed by atoms with van der Waals surface area (Å²) in [5.74, 6) is -1.08. The molecule has 340 valence electrons. The Morgan fingerprint density at radius 1 is 0.339 bits per heavy atom. The highest BCUT2D eigenvalue weighted by Crippen LogP contribution is 2.10. The van der Waals surface area contributed by atoms with Crippen LogP contribution in [0.15, 0.2) is 170 Å². The van der Waals surface area contributed by atoms with Crippen molar-refractivity contribution in [3.05, 3.63) is 170 Å². The predicted molar refractivity (Wildman–Crippen MR) is 265 cm³/mol. The molecule has 0 aliphatic heterocycles. The molecule has 0 aromatic rings. The molecule has 0 amide bonds. The first-order chi connectivity index (χ1) is 30.5. The largest absolute Gasteiger partial charge is 0.462 e. The maximum absolute atomic E-state index is 12.7. The second-order valence-corrected chi connectivity index (χ2v) is 14.4. The Morgan fingerprint density at radius 2 is 0.661 bits per heavy atom. The minimum atomic E-state index is -0.841. The topological polar surface area (TPSA) is 78.9 Å². The molecule has 0 radical (unpaired) electrons. The third kappa shape index (κ3) is 45.8. The summed E-state index contributed by atoms with van der Waals surface area (Å²) < 4.78 is 16.6. The van der Waals surface area contributed by atoms with Gasteiger partial charge in [-0.2, -0.15) is 0 Å². The van der Waals surface area contributed by atoms with E-state index in [1.807, 2.05) is 109 Å². The van der Waals surface area contributed by atoms with Crippen molar-refractivity contribution in [2.24, 2.45) is 0 Å². The lowest BCUT2D eigenvalue weighted by molar-refractivity contribution is -0.167. The van der Waals surface area contributed by atoms with Crippen LogP contribution in [0.2, 0.25) is 0 Å². The molecule has 0 aliphatic carbocycles. The van der Waals surface area contributed by atoms with Crippen LogP contribution >= 0.6 is 0 Å². The summed E-state index contributed by atoms with van der Waals surface area (Å²) in [4.78, 5) is 37.8. The van der Waals surface area contributed by atoms with Crippen LogP contribution in [0, 0.1) is 0 Å². The van der Waals surface area contributed by atoms with Crippen molar-refractivity contribution in [3.8, 4) is 0 Å². The van der Waals surface area contributed by atoms with E-state index in [9.17, 15) is 14.4 Å². The second kappa shape index (κ2) is 48.4. The maximum Gasteiger partial charge on any atom is 0.306 e. The highest BCUT2D eigenvalue weighted by molar-refractivity contribution is 5.71. The number of hydrogen-bond donors (Lipinski definition) is 0. The normalized spacial score (nSPS) is 13.7. The molecule has 0 rings (SSSR count). The molecular formula is C56H80O6. The molecule has 1 atom stereocenters. The number of rotatable bonds is 38. The third-order valence-electron chi connectivity index (χ3n) is 8.74. The molecule has 0 spiro atoms. The Morgan fingerprint density at radius 3 is 1.10 bits per heavy atom. The molecule has 0 bridgehead atoms. The van der Waals surface area contributed by atoms with Crippen molar-refractivity contribution in [1.29, 1.82) is 0 Å². The van der Waals surface area contributed by atoms with E-state index >= 15 is 0 Å². The number of hydrogen-bond acceptors (Lipinski definition) is 6. The summed E-state index contributed by atoms with van der Waals surface area (Å²) in [6, 6.07) is 0. The molecule has 0 aliphatic rings. The van der Waals surface area contributed by atoms with Crippen molar-refractivity contribution in [3.63, 3.8) is 0 Å². The van der Waals surface area contributed by atoms with E-state index < -0.39 is 6.10 Å². The number of unbranched alkanes of at least 4 members (excludes halogenated alkanes) is 8. The van der Waals surface area contributed by atoms with Crippen molar-refractivity contribution >= 4 is 17.9 Å². The van der Waals surface area contributed by atoms with E-state index in [1.54, 1.807) is 0 Å². The van der Waals surface area contributed by atoms with Gasteiger partial charge in [-0.15, -0.1) is 0 Å². The van der Waals surface area contributed by atoms with Gasteiger partial charge in [0.15, 0.2) is 6.10 Å². The Labute approximate surface area is 377 Å². The van der Waals surface area contributed by atoms with Gasteiger partial charge in [-0.25, -0.2) is 0 Å². The van der Waals surface area contributed by atoms with Crippen molar-refractivity contribution in [2.75, 3.05) is 13.2 Å². The average molecular weight is 849 g/mol. The predicted octanol–water partition coefficient (Wildman–Crippen LogP) is 15.2. The van der Waals surface area contributed by atoms with Crippen LogP contribution in [0.25, 0.3) is 0 Å². The fraction of sp³-hybridized carbons (Fsp3) is 0.446. The maximum atomic E-state index is 12.7. The van der Waals surface area contributed by atoms with E-state index in [2.05, 4.69) is 81.5 Å². The van der Waals surface area contributed by atoms with Gasteiger partial charge < -0.3 is 14.2 Å². The fourth-order valence-corrected chi connectivity index (χ4v) is 5.33. The van der Waals surface area contributed by atoms with E-state index in [1.165, 1.54) is 0 Å². The SMILES string of the molecule is CC\C=C/C=C\C=C/C=C\C=C\C=C/C=C\CCCCCC(=O)OCC(COC(=O)CCCC/C=C\C/C=C\C/C=C\CC)OC(=O)CCCCC\C=C/C=C\C=C/C=C\CC. The lowest BCUT2D eigenvalue weighted by Gasteiger charge is -2.18. The fourth-order valence-electron chi connectivity index (χ4n) is 5.33. The zero-order valence-electron chi connectivity index (χ0n) is 38.5. The minimum Gasteiger partial charge on any atom is -0.462 e. The molecule has 6 nitrogen and oxygen atoms in total. The van der Waals surface area contributed by atoms with Gasteiger partial charge in [-0.3, -0.25) is 14.4 Å². The molecule has 0 heterocycles. The van der Waals surface area contributed by atoms with Crippen molar-refractivity contribution in [1.82, 2.24) is 0 Å².